The van der Waals surface area contributed by atoms with Crippen molar-refractivity contribution in [3.8, 4) is 5.75 Å². The van der Waals surface area contributed by atoms with E-state index < -0.39 is 40.7 Å². The van der Waals surface area contributed by atoms with Gasteiger partial charge in [-0.05, 0) is 23.3 Å². The van der Waals surface area contributed by atoms with Gasteiger partial charge in [-0.3, -0.25) is 9.59 Å². The van der Waals surface area contributed by atoms with Gasteiger partial charge < -0.3 is 19.7 Å². The molecule has 33 heavy (non-hydrogen) atoms. The highest BCUT2D eigenvalue weighted by atomic mass is 35.5. The van der Waals surface area contributed by atoms with Crippen molar-refractivity contribution in [3.05, 3.63) is 98.7 Å². The van der Waals surface area contributed by atoms with Gasteiger partial charge in [0.1, 0.15) is 10.8 Å². The highest BCUT2D eigenvalue weighted by Gasteiger charge is 2.69. The summed E-state index contributed by atoms with van der Waals surface area (Å²) < 4.78 is 20.4. The van der Waals surface area contributed by atoms with E-state index in [-0.39, 0.29) is 16.7 Å². The first-order valence-electron chi connectivity index (χ1n) is 10.6. The molecule has 2 N–H and O–H groups in total. The molecule has 1 aromatic heterocycles. The maximum absolute atomic E-state index is 13.9. The lowest BCUT2D eigenvalue weighted by atomic mass is 9.73. The summed E-state index contributed by atoms with van der Waals surface area (Å²) in [4.78, 5) is 30.7. The number of ether oxygens (including phenoxy) is 1. The minimum absolute atomic E-state index is 0.00700. The molecule has 2 aliphatic rings. The molecule has 6 nitrogen and oxygen atoms in total. The van der Waals surface area contributed by atoms with Crippen molar-refractivity contribution in [1.29, 1.82) is 0 Å². The van der Waals surface area contributed by atoms with Crippen LogP contribution >= 0.6 is 11.6 Å². The van der Waals surface area contributed by atoms with Crippen LogP contribution in [0.2, 0.25) is 5.02 Å². The van der Waals surface area contributed by atoms with Gasteiger partial charge in [0.25, 0.3) is 0 Å². The van der Waals surface area contributed by atoms with Crippen LogP contribution in [0, 0.1) is 11.7 Å². The van der Waals surface area contributed by atoms with Crippen molar-refractivity contribution in [3.63, 3.8) is 0 Å². The lowest BCUT2D eigenvalue weighted by molar-refractivity contribution is -0.136. The summed E-state index contributed by atoms with van der Waals surface area (Å²) in [5.74, 6) is -3.02. The summed E-state index contributed by atoms with van der Waals surface area (Å²) >= 11 is 6.08. The summed E-state index contributed by atoms with van der Waals surface area (Å²) in [6.07, 6.45) is 0.172. The number of aliphatic hydroxyl groups excluding tert-OH is 1. The second-order valence-corrected chi connectivity index (χ2v) is 9.13. The number of fused-ring (bicyclic) bond motifs is 3. The fourth-order valence-corrected chi connectivity index (χ4v) is 5.61. The Bertz CT molecular complexity index is 1280. The van der Waals surface area contributed by atoms with E-state index in [0.717, 1.165) is 5.56 Å². The van der Waals surface area contributed by atoms with E-state index >= 15 is 0 Å². The molecule has 2 aromatic carbocycles. The van der Waals surface area contributed by atoms with Crippen LogP contribution in [0.25, 0.3) is 0 Å². The zero-order valence-corrected chi connectivity index (χ0v) is 18.7. The SMILES string of the molecule is CN(C)C(=O)[C@H]1[C@H](O)[C@@H]2c3[nH]cc(Cl)c(=O)c3O[C@]2(c2ccc(F)cc2)[C@@H]1c1ccccc1. The molecule has 1 saturated carbocycles. The number of amides is 1. The van der Waals surface area contributed by atoms with Crippen LogP contribution in [0.3, 0.4) is 0 Å². The normalized spacial score (nSPS) is 27.5. The van der Waals surface area contributed by atoms with Gasteiger partial charge in [0.2, 0.25) is 11.3 Å². The molecule has 0 radical (unpaired) electrons. The number of carbonyl (C=O) groups excluding carboxylic acids is 1. The van der Waals surface area contributed by atoms with Crippen LogP contribution in [0.15, 0.2) is 65.6 Å². The van der Waals surface area contributed by atoms with Crippen LogP contribution < -0.4 is 10.2 Å². The summed E-state index contributed by atoms with van der Waals surface area (Å²) in [6, 6.07) is 15.0. The van der Waals surface area contributed by atoms with Gasteiger partial charge in [0.05, 0.1) is 23.6 Å². The maximum Gasteiger partial charge on any atom is 0.242 e. The number of hydrogen-bond donors (Lipinski definition) is 2. The quantitative estimate of drug-likeness (QED) is 0.617. The molecule has 0 spiro atoms. The molecule has 170 valence electrons. The molecule has 1 aliphatic carbocycles. The topological polar surface area (TPSA) is 82.6 Å². The predicted molar refractivity (Wildman–Crippen MR) is 121 cm³/mol. The molecule has 2 heterocycles. The Morgan fingerprint density at radius 1 is 1.12 bits per heavy atom. The molecule has 1 fully saturated rings. The highest BCUT2D eigenvalue weighted by molar-refractivity contribution is 6.30. The molecular formula is C25H22ClFN2O4. The standard InChI is InChI=1S/C25H22ClFN2O4/c1-29(2)24(32)17-18(13-6-4-3-5-7-13)25(14-8-10-15(27)11-9-14)19(22(17)31)20-23(33-25)21(30)16(26)12-28-20/h3-12,17-19,22,31H,1-2H3,(H,28,30)/t17-,18-,19+,22+,25-/m1/s1. The third-order valence-electron chi connectivity index (χ3n) is 6.78. The van der Waals surface area contributed by atoms with Crippen molar-refractivity contribution in [2.24, 2.45) is 5.92 Å². The van der Waals surface area contributed by atoms with E-state index in [9.17, 15) is 19.1 Å². The molecule has 0 bridgehead atoms. The first-order valence-corrected chi connectivity index (χ1v) is 11.0. The van der Waals surface area contributed by atoms with E-state index in [0.29, 0.717) is 11.3 Å². The third kappa shape index (κ3) is 3.03. The van der Waals surface area contributed by atoms with Crippen LogP contribution in [0.5, 0.6) is 5.75 Å². The lowest BCUT2D eigenvalue weighted by Gasteiger charge is -2.37. The van der Waals surface area contributed by atoms with Crippen molar-refractivity contribution in [2.45, 2.75) is 23.5 Å². The van der Waals surface area contributed by atoms with E-state index in [1.54, 1.807) is 26.2 Å². The number of carbonyl (C=O) groups is 1. The van der Waals surface area contributed by atoms with E-state index in [1.165, 1.54) is 23.2 Å². The Morgan fingerprint density at radius 2 is 1.79 bits per heavy atom. The van der Waals surface area contributed by atoms with Crippen LogP contribution in [-0.2, 0) is 10.4 Å². The number of aromatic nitrogens is 1. The van der Waals surface area contributed by atoms with Gasteiger partial charge in [-0.15, -0.1) is 0 Å². The van der Waals surface area contributed by atoms with E-state index in [2.05, 4.69) is 4.98 Å². The van der Waals surface area contributed by atoms with Gasteiger partial charge in [-0.1, -0.05) is 54.1 Å². The summed E-state index contributed by atoms with van der Waals surface area (Å²) in [5.41, 5.74) is -0.161. The maximum atomic E-state index is 13.9. The van der Waals surface area contributed by atoms with Crippen LogP contribution in [0.1, 0.15) is 28.7 Å². The molecule has 5 atom stereocenters. The number of H-pyrrole nitrogens is 1. The molecule has 3 aromatic rings. The Balaban J connectivity index is 1.84. The molecule has 0 saturated heterocycles. The average molecular weight is 469 g/mol. The minimum Gasteiger partial charge on any atom is -0.475 e. The number of pyridine rings is 1. The Morgan fingerprint density at radius 3 is 2.42 bits per heavy atom. The van der Waals surface area contributed by atoms with Crippen molar-refractivity contribution in [2.75, 3.05) is 14.1 Å². The highest BCUT2D eigenvalue weighted by Crippen LogP contribution is 2.65. The van der Waals surface area contributed by atoms with Gasteiger partial charge in [0, 0.05) is 26.2 Å². The van der Waals surface area contributed by atoms with Crippen LogP contribution in [-0.4, -0.2) is 41.1 Å². The molecular weight excluding hydrogens is 447 g/mol. The number of nitrogens with one attached hydrogen (secondary N) is 1. The number of benzene rings is 2. The summed E-state index contributed by atoms with van der Waals surface area (Å²) in [5, 5.41) is 11.6. The number of hydrogen-bond acceptors (Lipinski definition) is 4. The molecule has 8 heteroatoms. The second-order valence-electron chi connectivity index (χ2n) is 8.73. The van der Waals surface area contributed by atoms with Crippen molar-refractivity contribution >= 4 is 17.5 Å². The van der Waals surface area contributed by atoms with Crippen molar-refractivity contribution in [1.82, 2.24) is 9.88 Å². The first kappa shape index (κ1) is 21.7. The van der Waals surface area contributed by atoms with E-state index in [4.69, 9.17) is 16.3 Å². The summed E-state index contributed by atoms with van der Waals surface area (Å²) in [6.45, 7) is 0. The van der Waals surface area contributed by atoms with Gasteiger partial charge in [0.15, 0.2) is 11.4 Å². The Kier molecular flexibility index (Phi) is 5.06. The molecule has 1 aliphatic heterocycles. The molecule has 0 unspecified atom stereocenters. The smallest absolute Gasteiger partial charge is 0.242 e. The monoisotopic (exact) mass is 468 g/mol. The number of aliphatic hydroxyl groups is 1. The number of rotatable bonds is 3. The summed E-state index contributed by atoms with van der Waals surface area (Å²) in [7, 11) is 3.26. The zero-order chi connectivity index (χ0) is 23.5. The first-order chi connectivity index (χ1) is 15.8. The fourth-order valence-electron chi connectivity index (χ4n) is 5.47. The number of aromatic amines is 1. The molecule has 1 amide bonds. The largest absolute Gasteiger partial charge is 0.475 e. The van der Waals surface area contributed by atoms with Gasteiger partial charge in [-0.25, -0.2) is 4.39 Å². The Labute approximate surface area is 194 Å². The number of nitrogens with zero attached hydrogens (tertiary/aromatic N) is 1. The lowest BCUT2D eigenvalue weighted by Crippen LogP contribution is -2.41. The Hall–Kier alpha value is -3.16. The second kappa shape index (κ2) is 7.71. The van der Waals surface area contributed by atoms with Gasteiger partial charge >= 0.3 is 0 Å². The fraction of sp³-hybridized carbons (Fsp3) is 0.280. The predicted octanol–water partition coefficient (Wildman–Crippen LogP) is 3.40. The van der Waals surface area contributed by atoms with Crippen molar-refractivity contribution < 1.29 is 19.0 Å². The third-order valence-corrected chi connectivity index (χ3v) is 7.06. The number of halogens is 2. The minimum atomic E-state index is -1.34. The average Bonchev–Trinajstić information content (AvgIpc) is 3.28. The van der Waals surface area contributed by atoms with Crippen LogP contribution in [0.4, 0.5) is 4.39 Å². The van der Waals surface area contributed by atoms with Gasteiger partial charge in [-0.2, -0.15) is 0 Å². The zero-order valence-electron chi connectivity index (χ0n) is 18.0. The van der Waals surface area contributed by atoms with E-state index in [1.807, 2.05) is 30.3 Å². The molecule has 5 rings (SSSR count).